The van der Waals surface area contributed by atoms with E-state index in [1.807, 2.05) is 79.7 Å². The molecule has 0 heterocycles. The first kappa shape index (κ1) is 28.0. The summed E-state index contributed by atoms with van der Waals surface area (Å²) < 4.78 is 13.1. The van der Waals surface area contributed by atoms with Crippen molar-refractivity contribution in [2.24, 2.45) is 4.99 Å². The summed E-state index contributed by atoms with van der Waals surface area (Å²) in [4.78, 5) is 17.6. The molecule has 0 saturated heterocycles. The lowest BCUT2D eigenvalue weighted by Gasteiger charge is -2.19. The Balaban J connectivity index is 0.00000353. The third kappa shape index (κ3) is 6.91. The number of carbonyl (C=O) groups is 1. The minimum atomic E-state index is -0.696. The van der Waals surface area contributed by atoms with Gasteiger partial charge >= 0.3 is 0 Å². The van der Waals surface area contributed by atoms with E-state index >= 15 is 0 Å². The van der Waals surface area contributed by atoms with E-state index in [2.05, 4.69) is 15.6 Å². The van der Waals surface area contributed by atoms with Gasteiger partial charge in [-0.05, 0) is 77.6 Å². The standard InChI is InChI=1S/C32H30FN3O2.ClH/c1-21(34-18-17-22-7-14-27(33)15-8-22)35-28-16-13-26-19-30(37)31(29(26)20-28)36-32(38)25-11-9-24(10-12-25)23-5-3-2-4-6-23;/h2-16,20,30-31,37H,17-19H2,1H3,(H,34,35)(H,36,38);1H/t30-,31-;/m1./s1. The predicted molar refractivity (Wildman–Crippen MR) is 157 cm³/mol. The van der Waals surface area contributed by atoms with Gasteiger partial charge in [0.25, 0.3) is 5.91 Å². The second kappa shape index (κ2) is 12.7. The molecular formula is C32H31ClFN3O2. The van der Waals surface area contributed by atoms with Crippen LogP contribution in [0.25, 0.3) is 11.1 Å². The molecule has 5 rings (SSSR count). The van der Waals surface area contributed by atoms with Gasteiger partial charge in [0, 0.05) is 24.2 Å². The smallest absolute Gasteiger partial charge is 0.251 e. The van der Waals surface area contributed by atoms with E-state index in [-0.39, 0.29) is 24.1 Å². The quantitative estimate of drug-likeness (QED) is 0.187. The van der Waals surface area contributed by atoms with Gasteiger partial charge in [0.05, 0.1) is 18.0 Å². The van der Waals surface area contributed by atoms with Crippen molar-refractivity contribution in [2.75, 3.05) is 11.9 Å². The Labute approximate surface area is 234 Å². The Hall–Kier alpha value is -4.00. The van der Waals surface area contributed by atoms with Crippen molar-refractivity contribution in [2.45, 2.75) is 31.9 Å². The van der Waals surface area contributed by atoms with Crippen molar-refractivity contribution >= 4 is 29.8 Å². The lowest BCUT2D eigenvalue weighted by Crippen LogP contribution is -2.33. The molecule has 0 aromatic heterocycles. The number of hydrogen-bond acceptors (Lipinski definition) is 3. The number of aliphatic hydroxyl groups is 1. The number of carbonyl (C=O) groups excluding carboxylic acids is 1. The third-order valence-electron chi connectivity index (χ3n) is 6.82. The van der Waals surface area contributed by atoms with Crippen LogP contribution in [0.3, 0.4) is 0 Å². The fourth-order valence-electron chi connectivity index (χ4n) is 4.79. The van der Waals surface area contributed by atoms with Crippen molar-refractivity contribution in [1.82, 2.24) is 5.32 Å². The summed E-state index contributed by atoms with van der Waals surface area (Å²) in [5, 5.41) is 17.1. The van der Waals surface area contributed by atoms with Gasteiger partial charge < -0.3 is 15.7 Å². The van der Waals surface area contributed by atoms with Crippen LogP contribution in [0, 0.1) is 5.82 Å². The zero-order valence-electron chi connectivity index (χ0n) is 21.6. The average Bonchev–Trinajstić information content (AvgIpc) is 3.24. The average molecular weight is 544 g/mol. The highest BCUT2D eigenvalue weighted by molar-refractivity contribution is 5.95. The number of rotatable bonds is 7. The molecule has 39 heavy (non-hydrogen) atoms. The van der Waals surface area contributed by atoms with Crippen LogP contribution in [-0.2, 0) is 12.8 Å². The molecule has 2 atom stereocenters. The fraction of sp³-hybridized carbons (Fsp3) is 0.188. The van der Waals surface area contributed by atoms with Gasteiger partial charge in [-0.15, -0.1) is 12.4 Å². The van der Waals surface area contributed by atoms with Crippen LogP contribution in [0.2, 0.25) is 0 Å². The molecule has 0 saturated carbocycles. The van der Waals surface area contributed by atoms with Crippen LogP contribution >= 0.6 is 12.4 Å². The van der Waals surface area contributed by atoms with E-state index < -0.39 is 12.1 Å². The predicted octanol–water partition coefficient (Wildman–Crippen LogP) is 6.38. The van der Waals surface area contributed by atoms with Crippen LogP contribution < -0.4 is 10.6 Å². The van der Waals surface area contributed by atoms with E-state index in [0.29, 0.717) is 18.5 Å². The largest absolute Gasteiger partial charge is 0.390 e. The number of benzene rings is 4. The zero-order chi connectivity index (χ0) is 26.5. The Bertz CT molecular complexity index is 1440. The summed E-state index contributed by atoms with van der Waals surface area (Å²) >= 11 is 0. The molecule has 4 aromatic carbocycles. The third-order valence-corrected chi connectivity index (χ3v) is 6.82. The molecule has 1 aliphatic rings. The van der Waals surface area contributed by atoms with Crippen LogP contribution in [-0.4, -0.2) is 29.5 Å². The Morgan fingerprint density at radius 2 is 1.64 bits per heavy atom. The van der Waals surface area contributed by atoms with E-state index in [1.165, 1.54) is 12.1 Å². The molecule has 0 bridgehead atoms. The maximum atomic E-state index is 13.1. The van der Waals surface area contributed by atoms with Gasteiger partial charge in [-0.2, -0.15) is 0 Å². The number of anilines is 1. The molecule has 1 amide bonds. The number of nitrogens with one attached hydrogen (secondary N) is 2. The molecule has 0 aliphatic heterocycles. The van der Waals surface area contributed by atoms with Crippen molar-refractivity contribution in [1.29, 1.82) is 0 Å². The van der Waals surface area contributed by atoms with Gasteiger partial charge in [0.1, 0.15) is 5.82 Å². The number of amides is 1. The number of aliphatic imine (C=N–C) groups is 1. The van der Waals surface area contributed by atoms with Gasteiger partial charge in [-0.1, -0.05) is 60.7 Å². The van der Waals surface area contributed by atoms with Crippen LogP contribution in [0.15, 0.2) is 102 Å². The summed E-state index contributed by atoms with van der Waals surface area (Å²) in [5.74, 6) is 0.287. The van der Waals surface area contributed by atoms with E-state index in [9.17, 15) is 14.3 Å². The molecular weight excluding hydrogens is 513 g/mol. The highest BCUT2D eigenvalue weighted by Gasteiger charge is 2.32. The number of hydrogen-bond donors (Lipinski definition) is 3. The first-order valence-corrected chi connectivity index (χ1v) is 12.8. The highest BCUT2D eigenvalue weighted by atomic mass is 35.5. The fourth-order valence-corrected chi connectivity index (χ4v) is 4.79. The molecule has 7 heteroatoms. The second-order valence-electron chi connectivity index (χ2n) is 9.55. The molecule has 1 aliphatic carbocycles. The summed E-state index contributed by atoms with van der Waals surface area (Å²) in [7, 11) is 0. The number of fused-ring (bicyclic) bond motifs is 1. The second-order valence-corrected chi connectivity index (χ2v) is 9.55. The molecule has 0 unspecified atom stereocenters. The van der Waals surface area contributed by atoms with E-state index in [4.69, 9.17) is 0 Å². The first-order chi connectivity index (χ1) is 18.5. The zero-order valence-corrected chi connectivity index (χ0v) is 22.4. The van der Waals surface area contributed by atoms with Crippen molar-refractivity contribution < 1.29 is 14.3 Å². The monoisotopic (exact) mass is 543 g/mol. The number of nitrogens with zero attached hydrogens (tertiary/aromatic N) is 1. The van der Waals surface area contributed by atoms with Crippen LogP contribution in [0.5, 0.6) is 0 Å². The molecule has 0 radical (unpaired) electrons. The summed E-state index contributed by atoms with van der Waals surface area (Å²) in [6.07, 6.45) is 0.507. The maximum absolute atomic E-state index is 13.1. The highest BCUT2D eigenvalue weighted by Crippen LogP contribution is 2.34. The summed E-state index contributed by atoms with van der Waals surface area (Å²) in [5.41, 5.74) is 6.46. The normalized spacial score (nSPS) is 16.2. The van der Waals surface area contributed by atoms with Crippen molar-refractivity contribution in [3.8, 4) is 11.1 Å². The first-order valence-electron chi connectivity index (χ1n) is 12.8. The lowest BCUT2D eigenvalue weighted by atomic mass is 10.0. The number of amidine groups is 1. The van der Waals surface area contributed by atoms with Gasteiger partial charge in [-0.3, -0.25) is 9.79 Å². The number of halogens is 2. The van der Waals surface area contributed by atoms with E-state index in [1.54, 1.807) is 12.1 Å². The minimum Gasteiger partial charge on any atom is -0.390 e. The van der Waals surface area contributed by atoms with Crippen molar-refractivity contribution in [3.05, 3.63) is 125 Å². The SMILES string of the molecule is CC(=NCCc1ccc(F)cc1)Nc1ccc2c(c1)[C@@H](NC(=O)c1ccc(-c3ccccc3)cc1)[C@H](O)C2.Cl. The van der Waals surface area contributed by atoms with Gasteiger partial charge in [0.15, 0.2) is 0 Å². The molecule has 4 aromatic rings. The summed E-state index contributed by atoms with van der Waals surface area (Å²) in [6.45, 7) is 2.47. The molecule has 3 N–H and O–H groups in total. The molecule has 200 valence electrons. The minimum absolute atomic E-state index is 0. The molecule has 5 nitrogen and oxygen atoms in total. The Morgan fingerprint density at radius 3 is 2.36 bits per heavy atom. The molecule has 0 fully saturated rings. The lowest BCUT2D eigenvalue weighted by molar-refractivity contribution is 0.0858. The Kier molecular flexibility index (Phi) is 9.12. The van der Waals surface area contributed by atoms with Crippen LogP contribution in [0.4, 0.5) is 10.1 Å². The van der Waals surface area contributed by atoms with Crippen LogP contribution in [0.1, 0.15) is 40.0 Å². The summed E-state index contributed by atoms with van der Waals surface area (Å²) in [6, 6.07) is 29.4. The topological polar surface area (TPSA) is 73.7 Å². The molecule has 0 spiro atoms. The number of aliphatic hydroxyl groups excluding tert-OH is 1. The Morgan fingerprint density at radius 1 is 0.949 bits per heavy atom. The van der Waals surface area contributed by atoms with Gasteiger partial charge in [0.2, 0.25) is 0 Å². The van der Waals surface area contributed by atoms with E-state index in [0.717, 1.165) is 45.8 Å². The van der Waals surface area contributed by atoms with Crippen molar-refractivity contribution in [3.63, 3.8) is 0 Å². The maximum Gasteiger partial charge on any atom is 0.251 e. The van der Waals surface area contributed by atoms with Gasteiger partial charge in [-0.25, -0.2) is 4.39 Å².